The maximum atomic E-state index is 10.9. The van der Waals surface area contributed by atoms with Gasteiger partial charge in [0.1, 0.15) is 33.7 Å². The van der Waals surface area contributed by atoms with Crippen LogP contribution in [0.5, 0.6) is 0 Å². The van der Waals surface area contributed by atoms with Gasteiger partial charge in [-0.3, -0.25) is 0 Å². The number of hydrogen-bond acceptors (Lipinski definition) is 14. The van der Waals surface area contributed by atoms with Gasteiger partial charge < -0.3 is 39.3 Å². The van der Waals surface area contributed by atoms with Crippen LogP contribution in [0.2, 0.25) is 0 Å². The average molecular weight is 555 g/mol. The lowest BCUT2D eigenvalue weighted by atomic mass is 10.6. The number of nitrogens with zero attached hydrogens (tertiary/aromatic N) is 12. The predicted molar refractivity (Wildman–Crippen MR) is 131 cm³/mol. The summed E-state index contributed by atoms with van der Waals surface area (Å²) in [5, 5.41) is 23.7. The Hall–Kier alpha value is -4.98. The monoisotopic (exact) mass is 554 g/mol. The molecule has 0 aromatic carbocycles. The summed E-state index contributed by atoms with van der Waals surface area (Å²) in [7, 11) is 3.38. The summed E-state index contributed by atoms with van der Waals surface area (Å²) in [5.41, 5.74) is 2.32. The van der Waals surface area contributed by atoms with Gasteiger partial charge >= 0.3 is 11.6 Å². The van der Waals surface area contributed by atoms with Crippen LogP contribution in [0, 0.1) is 20.2 Å². The van der Waals surface area contributed by atoms with E-state index in [0.29, 0.717) is 42.4 Å². The molecule has 192 valence electrons. The number of nitrogens with one attached hydrogen (secondary N) is 2. The Morgan fingerprint density at radius 1 is 0.684 bits per heavy atom. The molecule has 6 heterocycles. The molecule has 0 aliphatic carbocycles. The number of rotatable bonds is 6. The summed E-state index contributed by atoms with van der Waals surface area (Å²) in [6, 6.07) is 0. The molecular formula is C18H14N14O4S2. The van der Waals surface area contributed by atoms with E-state index in [-0.39, 0.29) is 11.6 Å². The van der Waals surface area contributed by atoms with Crippen LogP contribution in [0.25, 0.3) is 22.3 Å². The Bertz CT molecular complexity index is 1660. The van der Waals surface area contributed by atoms with E-state index in [2.05, 4.69) is 49.8 Å². The van der Waals surface area contributed by atoms with Crippen molar-refractivity contribution in [1.82, 2.24) is 59.0 Å². The van der Waals surface area contributed by atoms with Crippen LogP contribution in [0.4, 0.5) is 11.6 Å². The standard InChI is InChI=1S/2C9H7N7O2S/c2*1-15-4-14-7(16(17)18)9(15)19-8-5-6(11-2-10-5)12-3-13-8/h2*2-4H,1H3,(H,10,11,12,13). The third-order valence-electron chi connectivity index (χ3n) is 4.84. The second-order valence-electron chi connectivity index (χ2n) is 7.25. The van der Waals surface area contributed by atoms with Gasteiger partial charge in [0.25, 0.3) is 0 Å². The van der Waals surface area contributed by atoms with E-state index in [0.717, 1.165) is 23.5 Å². The normalized spacial score (nSPS) is 11.0. The quantitative estimate of drug-likeness (QED) is 0.171. The lowest BCUT2D eigenvalue weighted by molar-refractivity contribution is -0.392. The zero-order valence-corrected chi connectivity index (χ0v) is 20.9. The molecule has 0 spiro atoms. The number of aryl methyl sites for hydroxylation is 2. The fourth-order valence-corrected chi connectivity index (χ4v) is 5.01. The smallest absolute Gasteiger partial charge is 0.358 e. The summed E-state index contributed by atoms with van der Waals surface area (Å²) < 4.78 is 3.15. The molecule has 0 radical (unpaired) electrons. The molecule has 6 aromatic heterocycles. The molecule has 0 bridgehead atoms. The minimum Gasteiger partial charge on any atom is -0.358 e. The number of nitro groups is 2. The van der Waals surface area contributed by atoms with Crippen LogP contribution in [0.3, 0.4) is 0 Å². The predicted octanol–water partition coefficient (Wildman–Crippen LogP) is 2.29. The van der Waals surface area contributed by atoms with E-state index in [9.17, 15) is 20.2 Å². The molecule has 6 rings (SSSR count). The van der Waals surface area contributed by atoms with Crippen molar-refractivity contribution in [2.24, 2.45) is 14.1 Å². The van der Waals surface area contributed by atoms with Gasteiger partial charge in [-0.05, 0) is 43.3 Å². The van der Waals surface area contributed by atoms with E-state index < -0.39 is 9.85 Å². The minimum absolute atomic E-state index is 0.196. The maximum absolute atomic E-state index is 10.9. The Balaban J connectivity index is 0.000000155. The van der Waals surface area contributed by atoms with Gasteiger partial charge in [0.15, 0.2) is 21.3 Å². The largest absolute Gasteiger partial charge is 0.396 e. The Morgan fingerprint density at radius 2 is 1.11 bits per heavy atom. The average Bonchev–Trinajstić information content (AvgIpc) is 3.68. The Kier molecular flexibility index (Phi) is 6.62. The van der Waals surface area contributed by atoms with E-state index in [1.807, 2.05) is 0 Å². The highest BCUT2D eigenvalue weighted by Gasteiger charge is 2.24. The van der Waals surface area contributed by atoms with Gasteiger partial charge in [-0.2, -0.15) is 0 Å². The van der Waals surface area contributed by atoms with E-state index in [4.69, 9.17) is 0 Å². The van der Waals surface area contributed by atoms with Gasteiger partial charge in [-0.25, -0.2) is 29.9 Å². The SMILES string of the molecule is Cn1cnc([N+](=O)[O-])c1Sc1ncnc2nc[nH]c12.Cn1cnc([N+](=O)[O-])c1Sc1ncnc2nc[nH]c12. The summed E-state index contributed by atoms with van der Waals surface area (Å²) in [6.45, 7) is 0. The summed E-state index contributed by atoms with van der Waals surface area (Å²) in [6.07, 6.45) is 8.53. The molecule has 0 aliphatic rings. The topological polar surface area (TPSA) is 231 Å². The third-order valence-corrected chi connectivity index (χ3v) is 7.17. The molecule has 6 aromatic rings. The molecule has 38 heavy (non-hydrogen) atoms. The van der Waals surface area contributed by atoms with Crippen molar-refractivity contribution < 1.29 is 9.85 Å². The zero-order chi connectivity index (χ0) is 26.8. The molecule has 0 unspecified atom stereocenters. The maximum Gasteiger partial charge on any atom is 0.396 e. The number of aromatic amines is 2. The molecule has 0 saturated carbocycles. The summed E-state index contributed by atoms with van der Waals surface area (Å²) in [4.78, 5) is 58.3. The van der Waals surface area contributed by atoms with Crippen LogP contribution in [0.1, 0.15) is 0 Å². The van der Waals surface area contributed by atoms with Crippen molar-refractivity contribution in [2.45, 2.75) is 20.1 Å². The second kappa shape index (κ2) is 10.2. The third kappa shape index (κ3) is 4.71. The summed E-state index contributed by atoms with van der Waals surface area (Å²) >= 11 is 2.29. The van der Waals surface area contributed by atoms with Crippen molar-refractivity contribution in [3.63, 3.8) is 0 Å². The number of H-pyrrole nitrogens is 2. The molecule has 0 atom stereocenters. The first-order valence-electron chi connectivity index (χ1n) is 10.3. The van der Waals surface area contributed by atoms with Crippen molar-refractivity contribution in [3.05, 3.63) is 58.2 Å². The fourth-order valence-electron chi connectivity index (χ4n) is 3.12. The highest BCUT2D eigenvalue weighted by Crippen LogP contribution is 2.35. The highest BCUT2D eigenvalue weighted by atomic mass is 32.2. The van der Waals surface area contributed by atoms with Crippen LogP contribution >= 0.6 is 23.5 Å². The van der Waals surface area contributed by atoms with Gasteiger partial charge in [0.05, 0.1) is 12.7 Å². The second-order valence-corrected chi connectivity index (χ2v) is 9.20. The minimum atomic E-state index is -0.520. The number of imidazole rings is 4. The van der Waals surface area contributed by atoms with Crippen molar-refractivity contribution in [2.75, 3.05) is 0 Å². The lowest BCUT2D eigenvalue weighted by Gasteiger charge is -2.01. The van der Waals surface area contributed by atoms with Gasteiger partial charge in [0.2, 0.25) is 12.7 Å². The van der Waals surface area contributed by atoms with Crippen LogP contribution in [0.15, 0.2) is 58.1 Å². The highest BCUT2D eigenvalue weighted by molar-refractivity contribution is 7.99. The molecule has 0 amide bonds. The molecule has 20 heteroatoms. The molecule has 0 fully saturated rings. The number of aromatic nitrogens is 12. The molecule has 18 nitrogen and oxygen atoms in total. The van der Waals surface area contributed by atoms with Gasteiger partial charge in [0, 0.05) is 14.1 Å². The van der Waals surface area contributed by atoms with Crippen molar-refractivity contribution >= 4 is 57.5 Å². The van der Waals surface area contributed by atoms with Crippen LogP contribution in [-0.2, 0) is 14.1 Å². The van der Waals surface area contributed by atoms with Crippen LogP contribution < -0.4 is 0 Å². The van der Waals surface area contributed by atoms with Crippen LogP contribution in [-0.4, -0.2) is 68.8 Å². The Morgan fingerprint density at radius 3 is 1.50 bits per heavy atom. The van der Waals surface area contributed by atoms with E-state index >= 15 is 0 Å². The molecule has 2 N–H and O–H groups in total. The number of fused-ring (bicyclic) bond motifs is 2. The molecule has 0 saturated heterocycles. The molecule has 0 aliphatic heterocycles. The number of hydrogen-bond donors (Lipinski definition) is 2. The first-order valence-corrected chi connectivity index (χ1v) is 11.9. The summed E-state index contributed by atoms with van der Waals surface area (Å²) in [5.74, 6) is -0.391. The van der Waals surface area contributed by atoms with E-state index in [1.165, 1.54) is 38.0 Å². The first kappa shape index (κ1) is 24.7. The fraction of sp³-hybridized carbons (Fsp3) is 0.111. The van der Waals surface area contributed by atoms with Crippen molar-refractivity contribution in [3.8, 4) is 0 Å². The molecular weight excluding hydrogens is 540 g/mol. The van der Waals surface area contributed by atoms with Gasteiger partial charge in [-0.15, -0.1) is 0 Å². The Labute approximate surface area is 218 Å². The van der Waals surface area contributed by atoms with E-state index in [1.54, 1.807) is 23.2 Å². The lowest BCUT2D eigenvalue weighted by Crippen LogP contribution is -1.95. The van der Waals surface area contributed by atoms with Crippen molar-refractivity contribution in [1.29, 1.82) is 0 Å². The zero-order valence-electron chi connectivity index (χ0n) is 19.3. The first-order chi connectivity index (χ1) is 18.3. The van der Waals surface area contributed by atoms with Gasteiger partial charge in [-0.1, -0.05) is 0 Å².